The van der Waals surface area contributed by atoms with Gasteiger partial charge in [-0.15, -0.1) is 0 Å². The van der Waals surface area contributed by atoms with Crippen LogP contribution in [0.1, 0.15) is 81.5 Å². The van der Waals surface area contributed by atoms with Crippen molar-refractivity contribution in [3.05, 3.63) is 93.9 Å². The number of anilines is 5. The van der Waals surface area contributed by atoms with Crippen LogP contribution in [0.3, 0.4) is 0 Å². The zero-order chi connectivity index (χ0) is 45.1. The minimum Gasteiger partial charge on any atom is -0.369 e. The normalized spacial score (nSPS) is 19.8. The van der Waals surface area contributed by atoms with Crippen LogP contribution in [0.15, 0.2) is 54.7 Å². The van der Waals surface area contributed by atoms with Crippen LogP contribution in [0.5, 0.6) is 0 Å². The van der Waals surface area contributed by atoms with Gasteiger partial charge in [0, 0.05) is 82.8 Å². The maximum Gasteiger partial charge on any atom is 0.262 e. The zero-order valence-electron chi connectivity index (χ0n) is 36.8. The van der Waals surface area contributed by atoms with Crippen molar-refractivity contribution in [2.75, 3.05) is 54.8 Å². The minimum absolute atomic E-state index is 0.00298. The first kappa shape index (κ1) is 42.2. The predicted molar refractivity (Wildman–Crippen MR) is 242 cm³/mol. The number of piperidine rings is 3. The molecule has 5 aliphatic heterocycles. The summed E-state index contributed by atoms with van der Waals surface area (Å²) < 4.78 is 17.3. The summed E-state index contributed by atoms with van der Waals surface area (Å²) in [4.78, 5) is 81.1. The highest BCUT2D eigenvalue weighted by atomic mass is 19.1. The van der Waals surface area contributed by atoms with E-state index in [1.165, 1.54) is 17.2 Å². The summed E-state index contributed by atoms with van der Waals surface area (Å²) in [6, 6.07) is 14.0. The summed E-state index contributed by atoms with van der Waals surface area (Å²) in [6.07, 6.45) is 5.79. The van der Waals surface area contributed by atoms with Crippen LogP contribution in [-0.4, -0.2) is 109 Å². The number of halogens is 1. The van der Waals surface area contributed by atoms with Crippen LogP contribution in [0.2, 0.25) is 0 Å². The van der Waals surface area contributed by atoms with Gasteiger partial charge in [0.05, 0.1) is 22.2 Å². The van der Waals surface area contributed by atoms with Gasteiger partial charge in [0.25, 0.3) is 11.8 Å². The quantitative estimate of drug-likeness (QED) is 0.158. The molecule has 0 saturated carbocycles. The smallest absolute Gasteiger partial charge is 0.262 e. The number of aromatic nitrogens is 4. The third-order valence-corrected chi connectivity index (χ3v) is 14.0. The summed E-state index contributed by atoms with van der Waals surface area (Å²) in [5.41, 5.74) is 7.75. The molecule has 0 spiro atoms. The molecule has 10 rings (SSSR count). The monoisotopic (exact) mass is 881 g/mol. The molecule has 5 aromatic rings. The van der Waals surface area contributed by atoms with E-state index >= 15 is 4.39 Å². The Morgan fingerprint density at radius 3 is 2.32 bits per heavy atom. The molecule has 1 unspecified atom stereocenters. The highest BCUT2D eigenvalue weighted by Gasteiger charge is 2.45. The average Bonchev–Trinajstić information content (AvgIpc) is 3.73. The highest BCUT2D eigenvalue weighted by Crippen LogP contribution is 2.36. The van der Waals surface area contributed by atoms with Gasteiger partial charge in [-0.2, -0.15) is 10.1 Å². The highest BCUT2D eigenvalue weighted by molar-refractivity contribution is 6.23. The minimum atomic E-state index is -1.12. The van der Waals surface area contributed by atoms with E-state index in [1.807, 2.05) is 29.1 Å². The molecule has 2 aromatic heterocycles. The molecule has 17 heteroatoms. The second-order valence-corrected chi connectivity index (χ2v) is 18.2. The Morgan fingerprint density at radius 2 is 1.58 bits per heavy atom. The molecular formula is C48H52FN11O5. The maximum atomic E-state index is 15.5. The Bertz CT molecular complexity index is 2750. The lowest BCUT2D eigenvalue weighted by Gasteiger charge is -2.39. The summed E-state index contributed by atoms with van der Waals surface area (Å²) in [6.45, 7) is 9.25. The van der Waals surface area contributed by atoms with Gasteiger partial charge in [0.2, 0.25) is 23.7 Å². The van der Waals surface area contributed by atoms with Gasteiger partial charge in [0.1, 0.15) is 11.9 Å². The number of amides is 5. The van der Waals surface area contributed by atoms with E-state index in [2.05, 4.69) is 70.0 Å². The van der Waals surface area contributed by atoms with Crippen molar-refractivity contribution < 1.29 is 28.4 Å². The molecule has 5 amide bonds. The largest absolute Gasteiger partial charge is 0.369 e. The van der Waals surface area contributed by atoms with E-state index in [0.717, 1.165) is 83.4 Å². The number of fused-ring (bicyclic) bond motifs is 3. The maximum absolute atomic E-state index is 15.5. The molecule has 336 valence electrons. The van der Waals surface area contributed by atoms with Crippen molar-refractivity contribution in [1.82, 2.24) is 39.8 Å². The first-order chi connectivity index (χ1) is 31.4. The molecule has 65 heavy (non-hydrogen) atoms. The first-order valence-electron chi connectivity index (χ1n) is 22.6. The third kappa shape index (κ3) is 8.06. The molecule has 0 bridgehead atoms. The second kappa shape index (κ2) is 17.0. The lowest BCUT2D eigenvalue weighted by Crippen LogP contribution is -2.54. The van der Waals surface area contributed by atoms with E-state index in [1.54, 1.807) is 4.68 Å². The van der Waals surface area contributed by atoms with E-state index in [4.69, 9.17) is 10.1 Å². The number of imide groups is 2. The molecule has 3 fully saturated rings. The van der Waals surface area contributed by atoms with E-state index < -0.39 is 35.5 Å². The Kier molecular flexibility index (Phi) is 11.0. The van der Waals surface area contributed by atoms with E-state index in [0.29, 0.717) is 56.7 Å². The average molecular weight is 882 g/mol. The van der Waals surface area contributed by atoms with Gasteiger partial charge in [-0.05, 0) is 105 Å². The molecule has 0 radical (unpaired) electrons. The molecule has 7 heterocycles. The van der Waals surface area contributed by atoms with Crippen molar-refractivity contribution in [2.24, 2.45) is 18.9 Å². The Balaban J connectivity index is 0.705. The SMILES string of the molecule is Cc1cccc(C)c1Nc1nn(C)c2nc(Nc3ccc4c(c3)CN(CC3CCN(C(=O)C5CCN(c6cc7c(cc6F)C(=O)N(C6CCC(=O)NC6=O)C7=O)CC5)CC3)CC4)ncc12. The lowest BCUT2D eigenvalue weighted by atomic mass is 9.91. The summed E-state index contributed by atoms with van der Waals surface area (Å²) >= 11 is 0. The molecule has 5 aliphatic rings. The molecule has 0 aliphatic carbocycles. The summed E-state index contributed by atoms with van der Waals surface area (Å²) in [7, 11) is 1.89. The third-order valence-electron chi connectivity index (χ3n) is 14.0. The number of hydrogen-bond donors (Lipinski definition) is 3. The standard InChI is InChI=1S/C48H52FN11O5/c1-27-5-4-6-28(2)41(27)53-42-36-24-50-48(54-43(36)56(3)55-42)51-33-8-7-30-13-16-57(26-32(30)21-33)25-29-11-17-59(18-12-29)45(63)31-14-19-58(20-15-31)39-23-35-34(22-37(39)49)46(64)60(47(35)65)38-9-10-40(61)52-44(38)62/h4-8,21-24,29,31,38H,9-20,25-26H2,1-3H3,(H,53,55)(H,50,51,54)(H,52,61,62). The fraction of sp³-hybridized carbons (Fsp3) is 0.417. The number of likely N-dealkylation sites (tertiary alicyclic amines) is 1. The van der Waals surface area contributed by atoms with Crippen molar-refractivity contribution >= 4 is 69.4 Å². The predicted octanol–water partition coefficient (Wildman–Crippen LogP) is 5.52. The zero-order valence-corrected chi connectivity index (χ0v) is 36.8. The number of nitrogens with one attached hydrogen (secondary N) is 3. The molecule has 1 atom stereocenters. The van der Waals surface area contributed by atoms with Gasteiger partial charge in [-0.1, -0.05) is 24.3 Å². The van der Waals surface area contributed by atoms with Crippen LogP contribution in [0, 0.1) is 31.5 Å². The summed E-state index contributed by atoms with van der Waals surface area (Å²) in [5, 5.41) is 14.6. The van der Waals surface area contributed by atoms with Crippen molar-refractivity contribution in [3.63, 3.8) is 0 Å². The molecule has 3 aromatic carbocycles. The number of aryl methyl sites for hydroxylation is 3. The number of rotatable bonds is 9. The number of nitrogens with zero attached hydrogens (tertiary/aromatic N) is 8. The fourth-order valence-corrected chi connectivity index (χ4v) is 10.3. The number of carbonyl (C=O) groups excluding carboxylic acids is 5. The lowest BCUT2D eigenvalue weighted by molar-refractivity contribution is -0.138. The van der Waals surface area contributed by atoms with Crippen molar-refractivity contribution in [2.45, 2.75) is 71.4 Å². The van der Waals surface area contributed by atoms with Gasteiger partial charge in [0.15, 0.2) is 11.5 Å². The van der Waals surface area contributed by atoms with E-state index in [-0.39, 0.29) is 41.5 Å². The van der Waals surface area contributed by atoms with Gasteiger partial charge in [-0.3, -0.25) is 39.1 Å². The molecule has 3 saturated heterocycles. The van der Waals surface area contributed by atoms with Crippen LogP contribution in [-0.2, 0) is 34.4 Å². The van der Waals surface area contributed by atoms with Crippen molar-refractivity contribution in [3.8, 4) is 0 Å². The fourth-order valence-electron chi connectivity index (χ4n) is 10.3. The van der Waals surface area contributed by atoms with E-state index in [9.17, 15) is 24.0 Å². The van der Waals surface area contributed by atoms with Crippen LogP contribution in [0.4, 0.5) is 33.2 Å². The van der Waals surface area contributed by atoms with Gasteiger partial charge >= 0.3 is 0 Å². The molecular weight excluding hydrogens is 830 g/mol. The van der Waals surface area contributed by atoms with Gasteiger partial charge in [-0.25, -0.2) is 14.1 Å². The molecule has 3 N–H and O–H groups in total. The number of hydrogen-bond acceptors (Lipinski definition) is 12. The second-order valence-electron chi connectivity index (χ2n) is 18.2. The Labute approximate surface area is 375 Å². The topological polar surface area (TPSA) is 178 Å². The van der Waals surface area contributed by atoms with Gasteiger partial charge < -0.3 is 20.4 Å². The number of benzene rings is 3. The van der Waals surface area contributed by atoms with Crippen LogP contribution >= 0.6 is 0 Å². The van der Waals surface area contributed by atoms with Crippen LogP contribution in [0.25, 0.3) is 11.0 Å². The number of carbonyl (C=O) groups is 5. The van der Waals surface area contributed by atoms with Crippen molar-refractivity contribution in [1.29, 1.82) is 0 Å². The Hall–Kier alpha value is -6.75. The Morgan fingerprint density at radius 1 is 0.846 bits per heavy atom. The number of para-hydroxylation sites is 1. The molecule has 16 nitrogen and oxygen atoms in total. The van der Waals surface area contributed by atoms with Crippen LogP contribution < -0.4 is 20.9 Å². The summed E-state index contributed by atoms with van der Waals surface area (Å²) in [5.74, 6) is -1.56. The first-order valence-corrected chi connectivity index (χ1v) is 22.6.